The predicted octanol–water partition coefficient (Wildman–Crippen LogP) is 1.13. The van der Waals surface area contributed by atoms with E-state index in [2.05, 4.69) is 15.6 Å². The lowest BCUT2D eigenvalue weighted by Gasteiger charge is -2.09. The van der Waals surface area contributed by atoms with E-state index in [9.17, 15) is 9.90 Å². The summed E-state index contributed by atoms with van der Waals surface area (Å²) >= 11 is 5.92. The molecule has 9 heteroatoms. The molecule has 8 nitrogen and oxygen atoms in total. The Morgan fingerprint density at radius 1 is 1.48 bits per heavy atom. The highest BCUT2D eigenvalue weighted by atomic mass is 35.5. The molecule has 0 aliphatic heterocycles. The molecule has 110 valence electrons. The summed E-state index contributed by atoms with van der Waals surface area (Å²) in [6, 6.07) is 4.00. The summed E-state index contributed by atoms with van der Waals surface area (Å²) in [5.74, 6) is -0.618. The summed E-state index contributed by atoms with van der Waals surface area (Å²) < 4.78 is 1.35. The van der Waals surface area contributed by atoms with Gasteiger partial charge in [-0.2, -0.15) is 5.10 Å². The first-order valence-electron chi connectivity index (χ1n) is 5.73. The van der Waals surface area contributed by atoms with Crippen LogP contribution in [0.4, 0.5) is 5.82 Å². The molecule has 2 rings (SSSR count). The second-order valence-corrected chi connectivity index (χ2v) is 4.54. The number of aromatic nitrogens is 2. The van der Waals surface area contributed by atoms with Gasteiger partial charge in [0.05, 0.1) is 22.3 Å². The molecular weight excluding hydrogens is 298 g/mol. The number of phenolic OH excluding ortho intramolecular Hbond substituents is 1. The van der Waals surface area contributed by atoms with E-state index >= 15 is 0 Å². The molecule has 0 aliphatic carbocycles. The highest BCUT2D eigenvalue weighted by molar-refractivity contribution is 6.34. The van der Waals surface area contributed by atoms with Gasteiger partial charge in [-0.05, 0) is 18.2 Å². The number of amides is 1. The maximum absolute atomic E-state index is 12.2. The van der Waals surface area contributed by atoms with Crippen molar-refractivity contribution in [3.8, 4) is 5.75 Å². The minimum atomic E-state index is -0.563. The predicted molar refractivity (Wildman–Crippen MR) is 76.8 cm³/mol. The highest BCUT2D eigenvalue weighted by Gasteiger charge is 2.18. The van der Waals surface area contributed by atoms with Crippen LogP contribution >= 0.6 is 11.6 Å². The third-order valence-corrected chi connectivity index (χ3v) is 3.08. The number of aromatic hydroxyl groups is 1. The Balaban J connectivity index is 2.36. The van der Waals surface area contributed by atoms with Crippen molar-refractivity contribution in [3.05, 3.63) is 40.5 Å². The molecule has 0 atom stereocenters. The quantitative estimate of drug-likeness (QED) is 0.292. The molecule has 5 N–H and O–H groups in total. The fourth-order valence-electron chi connectivity index (χ4n) is 1.69. The third kappa shape index (κ3) is 2.90. The van der Waals surface area contributed by atoms with E-state index in [1.165, 1.54) is 29.1 Å². The minimum absolute atomic E-state index is 0.0864. The monoisotopic (exact) mass is 309 g/mol. The summed E-state index contributed by atoms with van der Waals surface area (Å²) in [7, 11) is 1.58. The first-order chi connectivity index (χ1) is 9.93. The van der Waals surface area contributed by atoms with E-state index in [0.29, 0.717) is 0 Å². The number of amidine groups is 1. The molecule has 21 heavy (non-hydrogen) atoms. The van der Waals surface area contributed by atoms with Crippen LogP contribution < -0.4 is 11.1 Å². The first kappa shape index (κ1) is 14.7. The molecule has 2 aromatic rings. The Morgan fingerprint density at radius 2 is 2.19 bits per heavy atom. The fraction of sp³-hybridized carbons (Fsp3) is 0.0833. The van der Waals surface area contributed by atoms with Gasteiger partial charge in [0.2, 0.25) is 0 Å². The Labute approximate surface area is 124 Å². The summed E-state index contributed by atoms with van der Waals surface area (Å²) in [5, 5.41) is 27.7. The van der Waals surface area contributed by atoms with E-state index in [0.717, 1.165) is 0 Å². The SMILES string of the molecule is Cn1ncc(/C(N)=N/O)c1NC(=O)c1cc(O)ccc1Cl. The van der Waals surface area contributed by atoms with Gasteiger partial charge in [-0.1, -0.05) is 16.8 Å². The highest BCUT2D eigenvalue weighted by Crippen LogP contribution is 2.23. The number of halogens is 1. The van der Waals surface area contributed by atoms with Crippen molar-refractivity contribution in [2.24, 2.45) is 17.9 Å². The zero-order valence-electron chi connectivity index (χ0n) is 10.9. The van der Waals surface area contributed by atoms with Gasteiger partial charge in [0.15, 0.2) is 5.84 Å². The topological polar surface area (TPSA) is 126 Å². The maximum Gasteiger partial charge on any atom is 0.258 e. The van der Waals surface area contributed by atoms with Crippen molar-refractivity contribution in [1.82, 2.24) is 9.78 Å². The molecule has 0 bridgehead atoms. The summed E-state index contributed by atoms with van der Waals surface area (Å²) in [4.78, 5) is 12.2. The molecule has 0 saturated heterocycles. The lowest BCUT2D eigenvalue weighted by Crippen LogP contribution is -2.20. The van der Waals surface area contributed by atoms with Gasteiger partial charge in [0, 0.05) is 7.05 Å². The number of carbonyl (C=O) groups is 1. The van der Waals surface area contributed by atoms with Gasteiger partial charge in [-0.25, -0.2) is 0 Å². The van der Waals surface area contributed by atoms with Crippen molar-refractivity contribution in [3.63, 3.8) is 0 Å². The Morgan fingerprint density at radius 3 is 2.86 bits per heavy atom. The third-order valence-electron chi connectivity index (χ3n) is 2.75. The molecule has 1 amide bonds. The van der Waals surface area contributed by atoms with E-state index in [4.69, 9.17) is 22.5 Å². The van der Waals surface area contributed by atoms with Crippen LogP contribution in [0.1, 0.15) is 15.9 Å². The molecule has 0 radical (unpaired) electrons. The standard InChI is InChI=1S/C12H12ClN5O3/c1-18-11(8(5-15-18)10(14)17-21)16-12(20)7-4-6(19)2-3-9(7)13/h2-5,19,21H,1H3,(H2,14,17)(H,16,20). The van der Waals surface area contributed by atoms with E-state index < -0.39 is 5.91 Å². The number of nitrogens with two attached hydrogens (primary N) is 1. The number of carbonyl (C=O) groups excluding carboxylic acids is 1. The first-order valence-corrected chi connectivity index (χ1v) is 6.11. The van der Waals surface area contributed by atoms with Crippen LogP contribution in [-0.4, -0.2) is 31.8 Å². The van der Waals surface area contributed by atoms with Crippen LogP contribution in [0.2, 0.25) is 5.02 Å². The number of oxime groups is 1. The smallest absolute Gasteiger partial charge is 0.258 e. The number of phenols is 1. The number of rotatable bonds is 3. The summed E-state index contributed by atoms with van der Waals surface area (Å²) in [6.07, 6.45) is 1.34. The molecule has 0 saturated carbocycles. The van der Waals surface area contributed by atoms with Crippen molar-refractivity contribution >= 4 is 29.2 Å². The number of anilines is 1. The van der Waals surface area contributed by atoms with Crippen LogP contribution in [0.25, 0.3) is 0 Å². The number of hydrogen-bond donors (Lipinski definition) is 4. The largest absolute Gasteiger partial charge is 0.508 e. The number of nitrogens with one attached hydrogen (secondary N) is 1. The lowest BCUT2D eigenvalue weighted by molar-refractivity contribution is 0.102. The van der Waals surface area contributed by atoms with Gasteiger partial charge >= 0.3 is 0 Å². The van der Waals surface area contributed by atoms with Crippen LogP contribution in [0.15, 0.2) is 29.6 Å². The zero-order chi connectivity index (χ0) is 15.6. The summed E-state index contributed by atoms with van der Waals surface area (Å²) in [5.41, 5.74) is 5.85. The lowest BCUT2D eigenvalue weighted by atomic mass is 10.2. The molecule has 0 aliphatic rings. The number of nitrogens with zero attached hydrogens (tertiary/aromatic N) is 3. The molecule has 1 aromatic heterocycles. The molecular formula is C12H12ClN5O3. The Kier molecular flexibility index (Phi) is 3.99. The normalized spacial score (nSPS) is 11.4. The molecule has 0 unspecified atom stereocenters. The van der Waals surface area contributed by atoms with Gasteiger partial charge in [-0.15, -0.1) is 0 Å². The molecule has 1 aromatic carbocycles. The Bertz CT molecular complexity index is 726. The molecule has 0 fully saturated rings. The van der Waals surface area contributed by atoms with Gasteiger partial charge < -0.3 is 21.4 Å². The zero-order valence-corrected chi connectivity index (χ0v) is 11.7. The average Bonchev–Trinajstić information content (AvgIpc) is 2.82. The van der Waals surface area contributed by atoms with Crippen LogP contribution in [-0.2, 0) is 7.05 Å². The number of benzene rings is 1. The van der Waals surface area contributed by atoms with Crippen molar-refractivity contribution in [2.75, 3.05) is 5.32 Å². The molecule has 0 spiro atoms. The fourth-order valence-corrected chi connectivity index (χ4v) is 1.89. The van der Waals surface area contributed by atoms with Gasteiger partial charge in [0.1, 0.15) is 11.6 Å². The maximum atomic E-state index is 12.2. The van der Waals surface area contributed by atoms with Gasteiger partial charge in [-0.3, -0.25) is 9.48 Å². The van der Waals surface area contributed by atoms with Crippen molar-refractivity contribution in [2.45, 2.75) is 0 Å². The van der Waals surface area contributed by atoms with Crippen molar-refractivity contribution < 1.29 is 15.1 Å². The van der Waals surface area contributed by atoms with E-state index in [1.807, 2.05) is 0 Å². The number of aryl methyl sites for hydroxylation is 1. The van der Waals surface area contributed by atoms with E-state index in [1.54, 1.807) is 7.05 Å². The van der Waals surface area contributed by atoms with Crippen LogP contribution in [0.5, 0.6) is 5.75 Å². The average molecular weight is 310 g/mol. The second kappa shape index (κ2) is 5.71. The summed E-state index contributed by atoms with van der Waals surface area (Å²) in [6.45, 7) is 0. The minimum Gasteiger partial charge on any atom is -0.508 e. The van der Waals surface area contributed by atoms with E-state index in [-0.39, 0.29) is 33.6 Å². The molecule has 1 heterocycles. The Hall–Kier alpha value is -2.74. The second-order valence-electron chi connectivity index (χ2n) is 4.13. The van der Waals surface area contributed by atoms with Crippen LogP contribution in [0, 0.1) is 0 Å². The van der Waals surface area contributed by atoms with Crippen LogP contribution in [0.3, 0.4) is 0 Å². The number of hydrogen-bond acceptors (Lipinski definition) is 5. The van der Waals surface area contributed by atoms with Gasteiger partial charge in [0.25, 0.3) is 5.91 Å². The van der Waals surface area contributed by atoms with Crippen molar-refractivity contribution in [1.29, 1.82) is 0 Å².